The summed E-state index contributed by atoms with van der Waals surface area (Å²) >= 11 is 0. The predicted molar refractivity (Wildman–Crippen MR) is 57.3 cm³/mol. The van der Waals surface area contributed by atoms with E-state index in [0.29, 0.717) is 18.6 Å². The molecule has 0 aromatic rings. The van der Waals surface area contributed by atoms with Crippen molar-refractivity contribution in [1.82, 2.24) is 10.2 Å². The van der Waals surface area contributed by atoms with Crippen LogP contribution in [-0.2, 0) is 0 Å². The molecule has 1 aliphatic carbocycles. The Hall–Kier alpha value is -0.120. The van der Waals surface area contributed by atoms with Gasteiger partial charge in [0.2, 0.25) is 0 Å². The van der Waals surface area contributed by atoms with E-state index in [1.54, 1.807) is 0 Å². The van der Waals surface area contributed by atoms with E-state index in [1.165, 1.54) is 38.8 Å². The Morgan fingerprint density at radius 3 is 2.57 bits per heavy atom. The van der Waals surface area contributed by atoms with Crippen molar-refractivity contribution in [2.45, 2.75) is 31.7 Å². The fraction of sp³-hybridized carbons (Fsp3) is 1.00. The number of hydrogen-bond acceptors (Lipinski definition) is 3. The van der Waals surface area contributed by atoms with Crippen molar-refractivity contribution >= 4 is 0 Å². The first kappa shape index (κ1) is 10.4. The van der Waals surface area contributed by atoms with E-state index in [2.05, 4.69) is 10.2 Å². The molecule has 0 radical (unpaired) electrons. The Bertz CT molecular complexity index is 169. The molecule has 0 amide bonds. The van der Waals surface area contributed by atoms with Crippen LogP contribution in [0.25, 0.3) is 0 Å². The van der Waals surface area contributed by atoms with Gasteiger partial charge in [-0.3, -0.25) is 4.90 Å². The molecule has 2 rings (SSSR count). The molecule has 1 saturated heterocycles. The fourth-order valence-corrected chi connectivity index (χ4v) is 2.90. The molecule has 0 aromatic carbocycles. The molecule has 0 aromatic heterocycles. The van der Waals surface area contributed by atoms with Crippen LogP contribution in [0.3, 0.4) is 0 Å². The van der Waals surface area contributed by atoms with Crippen LogP contribution in [0.1, 0.15) is 25.7 Å². The zero-order chi connectivity index (χ0) is 9.80. The molecule has 2 N–H and O–H groups in total. The Morgan fingerprint density at radius 2 is 1.86 bits per heavy atom. The van der Waals surface area contributed by atoms with Crippen LogP contribution in [0.5, 0.6) is 0 Å². The molecule has 1 heterocycles. The maximum absolute atomic E-state index is 9.35. The average Bonchev–Trinajstić information content (AvgIpc) is 2.30. The smallest absolute Gasteiger partial charge is 0.0474 e. The summed E-state index contributed by atoms with van der Waals surface area (Å²) in [5.74, 6) is 0.543. The Kier molecular flexibility index (Phi) is 3.79. The number of rotatable bonds is 2. The second kappa shape index (κ2) is 5.10. The van der Waals surface area contributed by atoms with Gasteiger partial charge < -0.3 is 10.4 Å². The molecule has 3 nitrogen and oxygen atoms in total. The van der Waals surface area contributed by atoms with Gasteiger partial charge in [0.25, 0.3) is 0 Å². The number of nitrogens with zero attached hydrogens (tertiary/aromatic N) is 1. The molecule has 0 bridgehead atoms. The summed E-state index contributed by atoms with van der Waals surface area (Å²) in [6.07, 6.45) is 5.19. The summed E-state index contributed by atoms with van der Waals surface area (Å²) in [5, 5.41) is 12.7. The molecule has 2 atom stereocenters. The van der Waals surface area contributed by atoms with Gasteiger partial charge in [-0.2, -0.15) is 0 Å². The highest BCUT2D eigenvalue weighted by molar-refractivity contribution is 4.85. The minimum Gasteiger partial charge on any atom is -0.396 e. The average molecular weight is 198 g/mol. The Labute approximate surface area is 86.5 Å². The highest BCUT2D eigenvalue weighted by Crippen LogP contribution is 2.28. The van der Waals surface area contributed by atoms with Crippen molar-refractivity contribution in [3.8, 4) is 0 Å². The highest BCUT2D eigenvalue weighted by Gasteiger charge is 2.29. The molecule has 82 valence electrons. The van der Waals surface area contributed by atoms with Gasteiger partial charge in [0, 0.05) is 38.8 Å². The van der Waals surface area contributed by atoms with Crippen LogP contribution < -0.4 is 5.32 Å². The minimum atomic E-state index is 0.384. The van der Waals surface area contributed by atoms with E-state index in [9.17, 15) is 5.11 Å². The number of nitrogens with one attached hydrogen (secondary N) is 1. The number of aliphatic hydroxyl groups excluding tert-OH is 1. The summed E-state index contributed by atoms with van der Waals surface area (Å²) in [6.45, 7) is 4.96. The molecule has 3 heteroatoms. The third-order valence-electron chi connectivity index (χ3n) is 3.72. The summed E-state index contributed by atoms with van der Waals surface area (Å²) in [5.41, 5.74) is 0. The summed E-state index contributed by atoms with van der Waals surface area (Å²) in [7, 11) is 0. The van der Waals surface area contributed by atoms with Crippen molar-refractivity contribution in [2.75, 3.05) is 32.8 Å². The van der Waals surface area contributed by atoms with E-state index in [1.807, 2.05) is 0 Å². The molecular formula is C11H22N2O. The quantitative estimate of drug-likeness (QED) is 0.676. The first-order valence-electron chi connectivity index (χ1n) is 5.97. The van der Waals surface area contributed by atoms with Gasteiger partial charge in [0.15, 0.2) is 0 Å². The van der Waals surface area contributed by atoms with Crippen molar-refractivity contribution in [3.05, 3.63) is 0 Å². The Morgan fingerprint density at radius 1 is 1.14 bits per heavy atom. The van der Waals surface area contributed by atoms with Crippen molar-refractivity contribution < 1.29 is 5.11 Å². The summed E-state index contributed by atoms with van der Waals surface area (Å²) in [6, 6.07) is 0.663. The number of aliphatic hydroxyl groups is 1. The zero-order valence-electron chi connectivity index (χ0n) is 8.91. The minimum absolute atomic E-state index is 0.384. The lowest BCUT2D eigenvalue weighted by atomic mass is 9.84. The topological polar surface area (TPSA) is 35.5 Å². The largest absolute Gasteiger partial charge is 0.396 e. The standard InChI is InChI=1S/C11H22N2O/c14-9-10-3-1-2-4-11(10)13-7-5-12-6-8-13/h10-12,14H,1-9H2. The van der Waals surface area contributed by atoms with Crippen molar-refractivity contribution in [3.63, 3.8) is 0 Å². The highest BCUT2D eigenvalue weighted by atomic mass is 16.3. The number of piperazine rings is 1. The van der Waals surface area contributed by atoms with E-state index in [-0.39, 0.29) is 0 Å². The van der Waals surface area contributed by atoms with Gasteiger partial charge >= 0.3 is 0 Å². The second-order valence-electron chi connectivity index (χ2n) is 4.58. The van der Waals surface area contributed by atoms with Crippen molar-refractivity contribution in [2.24, 2.45) is 5.92 Å². The van der Waals surface area contributed by atoms with E-state index in [4.69, 9.17) is 0 Å². The lowest BCUT2D eigenvalue weighted by molar-refractivity contribution is 0.0575. The van der Waals surface area contributed by atoms with E-state index in [0.717, 1.165) is 13.1 Å². The molecule has 2 aliphatic rings. The lowest BCUT2D eigenvalue weighted by Gasteiger charge is -2.41. The van der Waals surface area contributed by atoms with Gasteiger partial charge in [-0.25, -0.2) is 0 Å². The molecule has 2 fully saturated rings. The van der Waals surface area contributed by atoms with Gasteiger partial charge in [-0.15, -0.1) is 0 Å². The molecule has 0 spiro atoms. The molecule has 2 unspecified atom stereocenters. The third-order valence-corrected chi connectivity index (χ3v) is 3.72. The molecular weight excluding hydrogens is 176 g/mol. The Balaban J connectivity index is 1.91. The van der Waals surface area contributed by atoms with Crippen molar-refractivity contribution in [1.29, 1.82) is 0 Å². The van der Waals surface area contributed by atoms with Crippen LogP contribution in [-0.4, -0.2) is 48.8 Å². The van der Waals surface area contributed by atoms with Crippen LogP contribution >= 0.6 is 0 Å². The second-order valence-corrected chi connectivity index (χ2v) is 4.58. The first-order chi connectivity index (χ1) is 6.92. The fourth-order valence-electron chi connectivity index (χ4n) is 2.90. The van der Waals surface area contributed by atoms with E-state index < -0.39 is 0 Å². The normalized spacial score (nSPS) is 35.8. The van der Waals surface area contributed by atoms with Crippen LogP contribution in [0.2, 0.25) is 0 Å². The monoisotopic (exact) mass is 198 g/mol. The van der Waals surface area contributed by atoms with Gasteiger partial charge in [-0.1, -0.05) is 12.8 Å². The molecule has 1 saturated carbocycles. The number of hydrogen-bond donors (Lipinski definition) is 2. The maximum atomic E-state index is 9.35. The third kappa shape index (κ3) is 2.27. The molecule has 14 heavy (non-hydrogen) atoms. The molecule has 1 aliphatic heterocycles. The maximum Gasteiger partial charge on any atom is 0.0474 e. The predicted octanol–water partition coefficient (Wildman–Crippen LogP) is 0.443. The van der Waals surface area contributed by atoms with Crippen LogP contribution in [0.4, 0.5) is 0 Å². The summed E-state index contributed by atoms with van der Waals surface area (Å²) < 4.78 is 0. The summed E-state index contributed by atoms with van der Waals surface area (Å²) in [4.78, 5) is 2.58. The van der Waals surface area contributed by atoms with Gasteiger partial charge in [0.05, 0.1) is 0 Å². The van der Waals surface area contributed by atoms with Gasteiger partial charge in [0.1, 0.15) is 0 Å². The SMILES string of the molecule is OCC1CCCCC1N1CCNCC1. The lowest BCUT2D eigenvalue weighted by Crippen LogP contribution is -2.52. The van der Waals surface area contributed by atoms with E-state index >= 15 is 0 Å². The van der Waals surface area contributed by atoms with Crippen LogP contribution in [0.15, 0.2) is 0 Å². The van der Waals surface area contributed by atoms with Crippen LogP contribution in [0, 0.1) is 5.92 Å². The van der Waals surface area contributed by atoms with Gasteiger partial charge in [-0.05, 0) is 18.8 Å². The zero-order valence-corrected chi connectivity index (χ0v) is 8.91. The first-order valence-corrected chi connectivity index (χ1v) is 5.97.